The van der Waals surface area contributed by atoms with Crippen LogP contribution in [0.4, 0.5) is 0 Å². The number of hydrogen-bond acceptors (Lipinski definition) is 3. The largest absolute Gasteiger partial charge is 0.272 e. The SMILES string of the molecule is CC(N1N=C(c2ccnn2C)CC1=O)C(C)(C)C. The third-order valence-corrected chi connectivity index (χ3v) is 3.54. The van der Waals surface area contributed by atoms with E-state index in [1.165, 1.54) is 0 Å². The van der Waals surface area contributed by atoms with Crippen molar-refractivity contribution in [2.75, 3.05) is 0 Å². The topological polar surface area (TPSA) is 50.5 Å². The van der Waals surface area contributed by atoms with Gasteiger partial charge in [-0.05, 0) is 18.4 Å². The molecule has 18 heavy (non-hydrogen) atoms. The highest BCUT2D eigenvalue weighted by Gasteiger charge is 2.35. The van der Waals surface area contributed by atoms with Crippen molar-refractivity contribution in [1.82, 2.24) is 14.8 Å². The number of carbonyl (C=O) groups is 1. The smallest absolute Gasteiger partial charge is 0.249 e. The molecule has 1 amide bonds. The van der Waals surface area contributed by atoms with Crippen molar-refractivity contribution in [2.45, 2.75) is 40.2 Å². The molecule has 1 atom stereocenters. The third kappa shape index (κ3) is 2.17. The first-order valence-corrected chi connectivity index (χ1v) is 6.18. The van der Waals surface area contributed by atoms with Gasteiger partial charge in [0.1, 0.15) is 0 Å². The van der Waals surface area contributed by atoms with E-state index >= 15 is 0 Å². The number of nitrogens with zero attached hydrogens (tertiary/aromatic N) is 4. The van der Waals surface area contributed by atoms with Crippen LogP contribution < -0.4 is 0 Å². The second-order valence-corrected chi connectivity index (χ2v) is 5.84. The van der Waals surface area contributed by atoms with Crippen molar-refractivity contribution in [3.05, 3.63) is 18.0 Å². The average molecular weight is 248 g/mol. The summed E-state index contributed by atoms with van der Waals surface area (Å²) in [5.41, 5.74) is 1.73. The van der Waals surface area contributed by atoms with Crippen LogP contribution in [0.5, 0.6) is 0 Å². The van der Waals surface area contributed by atoms with Crippen molar-refractivity contribution >= 4 is 11.6 Å². The number of rotatable bonds is 2. The zero-order chi connectivity index (χ0) is 13.5. The molecular formula is C13H20N4O. The first kappa shape index (κ1) is 12.8. The molecule has 0 fully saturated rings. The van der Waals surface area contributed by atoms with Crippen molar-refractivity contribution in [2.24, 2.45) is 17.6 Å². The van der Waals surface area contributed by atoms with Crippen molar-refractivity contribution in [1.29, 1.82) is 0 Å². The predicted molar refractivity (Wildman–Crippen MR) is 70.1 cm³/mol. The number of aryl methyl sites for hydroxylation is 1. The van der Waals surface area contributed by atoms with Crippen molar-refractivity contribution < 1.29 is 4.79 Å². The Bertz CT molecular complexity index is 495. The van der Waals surface area contributed by atoms with Gasteiger partial charge in [0.05, 0.1) is 23.9 Å². The van der Waals surface area contributed by atoms with E-state index in [0.717, 1.165) is 11.4 Å². The van der Waals surface area contributed by atoms with E-state index in [-0.39, 0.29) is 17.4 Å². The highest BCUT2D eigenvalue weighted by molar-refractivity contribution is 6.12. The van der Waals surface area contributed by atoms with Crippen LogP contribution in [0.15, 0.2) is 17.4 Å². The van der Waals surface area contributed by atoms with Crippen molar-refractivity contribution in [3.63, 3.8) is 0 Å². The summed E-state index contributed by atoms with van der Waals surface area (Å²) < 4.78 is 1.75. The van der Waals surface area contributed by atoms with Gasteiger partial charge >= 0.3 is 0 Å². The minimum Gasteiger partial charge on any atom is -0.272 e. The Morgan fingerprint density at radius 2 is 2.06 bits per heavy atom. The summed E-state index contributed by atoms with van der Waals surface area (Å²) in [7, 11) is 1.86. The molecule has 5 nitrogen and oxygen atoms in total. The normalized spacial score (nSPS) is 18.2. The summed E-state index contributed by atoms with van der Waals surface area (Å²) in [6.45, 7) is 8.38. The second kappa shape index (κ2) is 4.23. The molecule has 1 aromatic heterocycles. The molecule has 0 N–H and O–H groups in total. The van der Waals surface area contributed by atoms with Gasteiger partial charge in [0.25, 0.3) is 0 Å². The summed E-state index contributed by atoms with van der Waals surface area (Å²) in [6.07, 6.45) is 2.08. The van der Waals surface area contributed by atoms with Crippen LogP contribution in [-0.4, -0.2) is 32.5 Å². The summed E-state index contributed by atoms with van der Waals surface area (Å²) >= 11 is 0. The van der Waals surface area contributed by atoms with Crippen LogP contribution in [0.1, 0.15) is 39.8 Å². The van der Waals surface area contributed by atoms with Gasteiger partial charge < -0.3 is 0 Å². The predicted octanol–water partition coefficient (Wildman–Crippen LogP) is 1.79. The summed E-state index contributed by atoms with van der Waals surface area (Å²) in [5, 5.41) is 10.2. The van der Waals surface area contributed by atoms with Crippen LogP contribution in [0, 0.1) is 5.41 Å². The molecule has 0 bridgehead atoms. The van der Waals surface area contributed by atoms with Crippen LogP contribution in [0.2, 0.25) is 0 Å². The summed E-state index contributed by atoms with van der Waals surface area (Å²) in [6, 6.07) is 1.97. The molecule has 0 aromatic carbocycles. The van der Waals surface area contributed by atoms with E-state index < -0.39 is 0 Å². The fourth-order valence-corrected chi connectivity index (χ4v) is 1.91. The maximum atomic E-state index is 12.1. The van der Waals surface area contributed by atoms with Crippen LogP contribution in [0.3, 0.4) is 0 Å². The molecule has 1 unspecified atom stereocenters. The fourth-order valence-electron chi connectivity index (χ4n) is 1.91. The highest BCUT2D eigenvalue weighted by Crippen LogP contribution is 2.28. The fraction of sp³-hybridized carbons (Fsp3) is 0.615. The Hall–Kier alpha value is -1.65. The lowest BCUT2D eigenvalue weighted by Crippen LogP contribution is -2.40. The second-order valence-electron chi connectivity index (χ2n) is 5.84. The van der Waals surface area contributed by atoms with E-state index in [0.29, 0.717) is 6.42 Å². The monoisotopic (exact) mass is 248 g/mol. The minimum absolute atomic E-state index is 0.0149. The Kier molecular flexibility index (Phi) is 3.00. The average Bonchev–Trinajstić information content (AvgIpc) is 2.82. The molecular weight excluding hydrogens is 228 g/mol. The molecule has 1 aromatic rings. The molecule has 0 saturated carbocycles. The Morgan fingerprint density at radius 1 is 1.39 bits per heavy atom. The molecule has 1 aliphatic rings. The summed E-state index contributed by atoms with van der Waals surface area (Å²) in [5.74, 6) is 0.0635. The quantitative estimate of drug-likeness (QED) is 0.801. The van der Waals surface area contributed by atoms with E-state index in [1.807, 2.05) is 20.0 Å². The number of carbonyl (C=O) groups excluding carboxylic acids is 1. The van der Waals surface area contributed by atoms with Gasteiger partial charge in [-0.1, -0.05) is 20.8 Å². The van der Waals surface area contributed by atoms with Gasteiger partial charge in [0.2, 0.25) is 5.91 Å². The lowest BCUT2D eigenvalue weighted by molar-refractivity contribution is -0.132. The molecule has 0 spiro atoms. The van der Waals surface area contributed by atoms with Gasteiger partial charge in [0, 0.05) is 13.2 Å². The van der Waals surface area contributed by atoms with Crippen LogP contribution in [-0.2, 0) is 11.8 Å². The standard InChI is InChI=1S/C13H20N4O/c1-9(13(2,3)4)17-12(18)8-10(15-17)11-6-7-14-16(11)5/h6-7,9H,8H2,1-5H3. The molecule has 0 radical (unpaired) electrons. The van der Waals surface area contributed by atoms with E-state index in [1.54, 1.807) is 15.9 Å². The van der Waals surface area contributed by atoms with Gasteiger partial charge in [-0.3, -0.25) is 9.48 Å². The number of amides is 1. The first-order chi connectivity index (χ1) is 8.30. The van der Waals surface area contributed by atoms with Gasteiger partial charge in [0.15, 0.2) is 0 Å². The van der Waals surface area contributed by atoms with Gasteiger partial charge in [-0.2, -0.15) is 10.2 Å². The molecule has 5 heteroatoms. The molecule has 1 aliphatic heterocycles. The number of hydrazone groups is 1. The van der Waals surface area contributed by atoms with Gasteiger partial charge in [-0.25, -0.2) is 5.01 Å². The van der Waals surface area contributed by atoms with E-state index in [9.17, 15) is 4.79 Å². The highest BCUT2D eigenvalue weighted by atomic mass is 16.2. The Labute approximate surface area is 107 Å². The van der Waals surface area contributed by atoms with Crippen molar-refractivity contribution in [3.8, 4) is 0 Å². The Morgan fingerprint density at radius 3 is 2.56 bits per heavy atom. The molecule has 0 aliphatic carbocycles. The van der Waals surface area contributed by atoms with Gasteiger partial charge in [-0.15, -0.1) is 0 Å². The van der Waals surface area contributed by atoms with Crippen LogP contribution in [0.25, 0.3) is 0 Å². The first-order valence-electron chi connectivity index (χ1n) is 6.18. The lowest BCUT2D eigenvalue weighted by Gasteiger charge is -2.32. The van der Waals surface area contributed by atoms with Crippen LogP contribution >= 0.6 is 0 Å². The number of aromatic nitrogens is 2. The summed E-state index contributed by atoms with van der Waals surface area (Å²) in [4.78, 5) is 12.1. The zero-order valence-electron chi connectivity index (χ0n) is 11.6. The molecule has 98 valence electrons. The maximum absolute atomic E-state index is 12.1. The lowest BCUT2D eigenvalue weighted by atomic mass is 9.87. The minimum atomic E-state index is 0.0149. The van der Waals surface area contributed by atoms with E-state index in [4.69, 9.17) is 0 Å². The van der Waals surface area contributed by atoms with E-state index in [2.05, 4.69) is 31.0 Å². The zero-order valence-corrected chi connectivity index (χ0v) is 11.6. The third-order valence-electron chi connectivity index (χ3n) is 3.54. The maximum Gasteiger partial charge on any atom is 0.249 e. The Balaban J connectivity index is 2.28. The molecule has 0 saturated heterocycles. The molecule has 2 rings (SSSR count). The number of hydrogen-bond donors (Lipinski definition) is 0. The molecule has 2 heterocycles.